The topological polar surface area (TPSA) is 46.2 Å². The highest BCUT2D eigenvalue weighted by Crippen LogP contribution is 2.72. The molecule has 1 N–H and O–H groups in total. The van der Waals surface area contributed by atoms with E-state index in [1.165, 1.54) is 0 Å². The molecule has 1 saturated heterocycles. The maximum atomic E-state index is 12.2. The van der Waals surface area contributed by atoms with Gasteiger partial charge in [-0.3, -0.25) is 9.59 Å². The second-order valence-corrected chi connectivity index (χ2v) is 6.24. The largest absolute Gasteiger partial charge is 0.387 e. The van der Waals surface area contributed by atoms with E-state index in [0.717, 1.165) is 29.8 Å². The van der Waals surface area contributed by atoms with Crippen molar-refractivity contribution in [3.63, 3.8) is 0 Å². The average molecular weight is 253 g/mol. The fourth-order valence-electron chi connectivity index (χ4n) is 3.90. The highest BCUT2D eigenvalue weighted by molar-refractivity contribution is 6.09. The second-order valence-electron chi connectivity index (χ2n) is 6.24. The number of nitrogens with one attached hydrogen (secondary N) is 1. The number of benzene rings is 1. The van der Waals surface area contributed by atoms with Crippen LogP contribution in [0.3, 0.4) is 0 Å². The van der Waals surface area contributed by atoms with Crippen LogP contribution in [-0.4, -0.2) is 18.1 Å². The van der Waals surface area contributed by atoms with Gasteiger partial charge in [0.2, 0.25) is 0 Å². The Hall–Kier alpha value is -1.90. The number of allylic oxidation sites excluding steroid dienone is 2. The van der Waals surface area contributed by atoms with Gasteiger partial charge in [0.05, 0.1) is 0 Å². The van der Waals surface area contributed by atoms with Gasteiger partial charge in [-0.1, -0.05) is 19.1 Å². The maximum Gasteiger partial charge on any atom is 0.187 e. The summed E-state index contributed by atoms with van der Waals surface area (Å²) in [6.07, 6.45) is 2.81. The number of Topliss-reactive ketones (excluding diaryl/α,β-unsaturated/α-hetero) is 1. The summed E-state index contributed by atoms with van der Waals surface area (Å²) in [7, 11) is 0. The SMILES string of the molecule is CC(=O)c1ccc2c(c1)C13CC1(C)CNC3=CC2=O. The molecular weight excluding hydrogens is 238 g/mol. The van der Waals surface area contributed by atoms with Gasteiger partial charge in [0, 0.05) is 40.3 Å². The number of hydrogen-bond donors (Lipinski definition) is 1. The summed E-state index contributed by atoms with van der Waals surface area (Å²) >= 11 is 0. The summed E-state index contributed by atoms with van der Waals surface area (Å²) < 4.78 is 0. The fourth-order valence-corrected chi connectivity index (χ4v) is 3.90. The monoisotopic (exact) mass is 253 g/mol. The average Bonchev–Trinajstić information content (AvgIpc) is 2.90. The number of rotatable bonds is 1. The highest BCUT2D eigenvalue weighted by Gasteiger charge is 2.72. The van der Waals surface area contributed by atoms with Crippen molar-refractivity contribution in [1.29, 1.82) is 0 Å². The van der Waals surface area contributed by atoms with Crippen molar-refractivity contribution in [3.8, 4) is 0 Å². The highest BCUT2D eigenvalue weighted by atomic mass is 16.1. The molecule has 4 rings (SSSR count). The second kappa shape index (κ2) is 2.98. The molecule has 96 valence electrons. The Balaban J connectivity index is 2.00. The molecule has 19 heavy (non-hydrogen) atoms. The molecule has 2 atom stereocenters. The molecule has 3 aliphatic rings. The molecule has 1 aromatic rings. The molecule has 0 amide bonds. The van der Waals surface area contributed by atoms with Crippen LogP contribution in [0.15, 0.2) is 30.0 Å². The van der Waals surface area contributed by atoms with Gasteiger partial charge >= 0.3 is 0 Å². The van der Waals surface area contributed by atoms with Crippen LogP contribution in [0.5, 0.6) is 0 Å². The molecule has 1 heterocycles. The molecule has 1 aliphatic heterocycles. The Morgan fingerprint density at radius 2 is 2.16 bits per heavy atom. The number of fused-ring (bicyclic) bond motifs is 1. The van der Waals surface area contributed by atoms with Crippen LogP contribution in [-0.2, 0) is 5.41 Å². The molecule has 2 unspecified atom stereocenters. The zero-order valence-electron chi connectivity index (χ0n) is 11.0. The van der Waals surface area contributed by atoms with Crippen molar-refractivity contribution < 1.29 is 9.59 Å². The lowest BCUT2D eigenvalue weighted by atomic mass is 9.78. The first-order valence-electron chi connectivity index (χ1n) is 6.64. The summed E-state index contributed by atoms with van der Waals surface area (Å²) in [6.45, 7) is 4.73. The lowest BCUT2D eigenvalue weighted by Crippen LogP contribution is -2.25. The Bertz CT molecular complexity index is 688. The van der Waals surface area contributed by atoms with Gasteiger partial charge in [-0.15, -0.1) is 0 Å². The van der Waals surface area contributed by atoms with Crippen molar-refractivity contribution in [2.75, 3.05) is 6.54 Å². The van der Waals surface area contributed by atoms with E-state index in [2.05, 4.69) is 12.2 Å². The van der Waals surface area contributed by atoms with E-state index in [0.29, 0.717) is 5.56 Å². The van der Waals surface area contributed by atoms with Crippen molar-refractivity contribution in [2.24, 2.45) is 5.41 Å². The molecule has 0 bridgehead atoms. The van der Waals surface area contributed by atoms with E-state index in [4.69, 9.17) is 0 Å². The van der Waals surface area contributed by atoms with E-state index >= 15 is 0 Å². The molecule has 1 spiro atoms. The summed E-state index contributed by atoms with van der Waals surface area (Å²) in [5, 5.41) is 3.36. The minimum atomic E-state index is -0.0400. The molecule has 3 heteroatoms. The number of carbonyl (C=O) groups excluding carboxylic acids is 2. The van der Waals surface area contributed by atoms with E-state index < -0.39 is 0 Å². The van der Waals surface area contributed by atoms with E-state index in [9.17, 15) is 9.59 Å². The van der Waals surface area contributed by atoms with Crippen molar-refractivity contribution in [1.82, 2.24) is 5.32 Å². The summed E-state index contributed by atoms with van der Waals surface area (Å²) in [4.78, 5) is 23.8. The number of hydrogen-bond acceptors (Lipinski definition) is 3. The zero-order valence-corrected chi connectivity index (χ0v) is 11.0. The normalized spacial score (nSPS) is 33.8. The Morgan fingerprint density at radius 3 is 2.84 bits per heavy atom. The Morgan fingerprint density at radius 1 is 1.37 bits per heavy atom. The maximum absolute atomic E-state index is 12.2. The predicted molar refractivity (Wildman–Crippen MR) is 71.3 cm³/mol. The van der Waals surface area contributed by atoms with Crippen LogP contribution in [0.1, 0.15) is 46.5 Å². The summed E-state index contributed by atoms with van der Waals surface area (Å²) in [6, 6.07) is 5.50. The molecule has 3 nitrogen and oxygen atoms in total. The molecule has 1 aromatic carbocycles. The zero-order chi connectivity index (χ0) is 13.4. The van der Waals surface area contributed by atoms with Crippen LogP contribution >= 0.6 is 0 Å². The Labute approximate surface area is 111 Å². The Kier molecular flexibility index (Phi) is 1.72. The summed E-state index contributed by atoms with van der Waals surface area (Å²) in [5.74, 6) is 0.102. The van der Waals surface area contributed by atoms with Crippen LogP contribution in [0.25, 0.3) is 0 Å². The molecule has 0 aromatic heterocycles. The third-order valence-electron chi connectivity index (χ3n) is 5.12. The van der Waals surface area contributed by atoms with Gasteiger partial charge in [0.1, 0.15) is 0 Å². The van der Waals surface area contributed by atoms with Crippen LogP contribution in [0.2, 0.25) is 0 Å². The van der Waals surface area contributed by atoms with Gasteiger partial charge in [-0.2, -0.15) is 0 Å². The number of ketones is 2. The standard InChI is InChI=1S/C16H15NO2/c1-9(18)10-3-4-11-12(5-10)16-7-15(16,2)8-17-14(16)6-13(11)19/h3-6,17H,7-8H2,1-2H3. The first-order chi connectivity index (χ1) is 8.98. The third-order valence-corrected chi connectivity index (χ3v) is 5.12. The van der Waals surface area contributed by atoms with Crippen LogP contribution in [0, 0.1) is 5.41 Å². The number of piperidine rings is 1. The minimum absolute atomic E-state index is 0.0400. The minimum Gasteiger partial charge on any atom is -0.387 e. The van der Waals surface area contributed by atoms with Crippen molar-refractivity contribution >= 4 is 11.6 Å². The van der Waals surface area contributed by atoms with Gasteiger partial charge in [0.25, 0.3) is 0 Å². The molecule has 0 radical (unpaired) electrons. The lowest BCUT2D eigenvalue weighted by Gasteiger charge is -2.25. The van der Waals surface area contributed by atoms with Crippen molar-refractivity contribution in [2.45, 2.75) is 25.7 Å². The smallest absolute Gasteiger partial charge is 0.187 e. The van der Waals surface area contributed by atoms with Crippen LogP contribution < -0.4 is 5.32 Å². The van der Waals surface area contributed by atoms with Gasteiger partial charge in [-0.25, -0.2) is 0 Å². The molecular formula is C16H15NO2. The lowest BCUT2D eigenvalue weighted by molar-refractivity contribution is 0.101. The van der Waals surface area contributed by atoms with E-state index in [1.54, 1.807) is 19.1 Å². The first-order valence-corrected chi connectivity index (χ1v) is 6.64. The quantitative estimate of drug-likeness (QED) is 0.781. The van der Waals surface area contributed by atoms with Gasteiger partial charge < -0.3 is 5.32 Å². The number of carbonyl (C=O) groups is 2. The fraction of sp³-hybridized carbons (Fsp3) is 0.375. The van der Waals surface area contributed by atoms with E-state index in [-0.39, 0.29) is 22.4 Å². The molecule has 2 aliphatic carbocycles. The molecule has 2 fully saturated rings. The third kappa shape index (κ3) is 1.09. The van der Waals surface area contributed by atoms with Crippen LogP contribution in [0.4, 0.5) is 0 Å². The van der Waals surface area contributed by atoms with E-state index in [1.807, 2.05) is 12.1 Å². The summed E-state index contributed by atoms with van der Waals surface area (Å²) in [5.41, 5.74) is 3.72. The van der Waals surface area contributed by atoms with Crippen molar-refractivity contribution in [3.05, 3.63) is 46.7 Å². The molecule has 1 saturated carbocycles. The first kappa shape index (κ1) is 11.0. The predicted octanol–water partition coefficient (Wildman–Crippen LogP) is 2.22. The van der Waals surface area contributed by atoms with Gasteiger partial charge in [-0.05, 0) is 25.0 Å². The van der Waals surface area contributed by atoms with Gasteiger partial charge in [0.15, 0.2) is 11.6 Å².